The number of aromatic nitrogens is 2. The topological polar surface area (TPSA) is 44.1 Å². The second-order valence-electron chi connectivity index (χ2n) is 3.53. The van der Waals surface area contributed by atoms with Crippen LogP contribution in [-0.4, -0.2) is 22.8 Å². The summed E-state index contributed by atoms with van der Waals surface area (Å²) in [6, 6.07) is 0.306. The van der Waals surface area contributed by atoms with Crippen LogP contribution in [0.4, 0.5) is 13.2 Å². The molecule has 2 heterocycles. The summed E-state index contributed by atoms with van der Waals surface area (Å²) < 4.78 is 43.0. The summed E-state index contributed by atoms with van der Waals surface area (Å²) in [5.74, 6) is 0. The maximum Gasteiger partial charge on any atom is 0.433 e. The van der Waals surface area contributed by atoms with Crippen molar-refractivity contribution in [2.24, 2.45) is 0 Å². The van der Waals surface area contributed by atoms with Crippen LogP contribution < -0.4 is 5.56 Å². The Balaban J connectivity index is 2.33. The molecule has 1 aliphatic heterocycles. The largest absolute Gasteiger partial charge is 0.433 e. The molecule has 16 heavy (non-hydrogen) atoms. The third-order valence-corrected chi connectivity index (χ3v) is 2.43. The average Bonchev–Trinajstić information content (AvgIpc) is 2.69. The van der Waals surface area contributed by atoms with E-state index in [0.29, 0.717) is 25.7 Å². The Bertz CT molecular complexity index is 435. The molecule has 0 amide bonds. The zero-order valence-electron chi connectivity index (χ0n) is 8.20. The molecular formula is C9H9F3N2O2. The van der Waals surface area contributed by atoms with Gasteiger partial charge in [-0.25, -0.2) is 4.98 Å². The van der Waals surface area contributed by atoms with Crippen LogP contribution in [0.25, 0.3) is 0 Å². The van der Waals surface area contributed by atoms with Gasteiger partial charge in [0.05, 0.1) is 19.0 Å². The molecule has 0 aliphatic carbocycles. The van der Waals surface area contributed by atoms with Crippen LogP contribution in [0.3, 0.4) is 0 Å². The van der Waals surface area contributed by atoms with E-state index in [1.54, 1.807) is 0 Å². The minimum atomic E-state index is -4.58. The van der Waals surface area contributed by atoms with Crippen LogP contribution in [0, 0.1) is 0 Å². The van der Waals surface area contributed by atoms with Gasteiger partial charge in [-0.15, -0.1) is 0 Å². The van der Waals surface area contributed by atoms with E-state index in [1.807, 2.05) is 0 Å². The second-order valence-corrected chi connectivity index (χ2v) is 3.53. The van der Waals surface area contributed by atoms with Gasteiger partial charge >= 0.3 is 6.18 Å². The molecule has 1 unspecified atom stereocenters. The molecule has 0 bridgehead atoms. The summed E-state index contributed by atoms with van der Waals surface area (Å²) in [5.41, 5.74) is -1.86. The molecule has 1 aliphatic rings. The first-order valence-corrected chi connectivity index (χ1v) is 4.71. The van der Waals surface area contributed by atoms with E-state index in [4.69, 9.17) is 4.74 Å². The first-order chi connectivity index (χ1) is 7.48. The zero-order valence-corrected chi connectivity index (χ0v) is 8.20. The molecule has 1 saturated heterocycles. The summed E-state index contributed by atoms with van der Waals surface area (Å²) in [6.07, 6.45) is -3.03. The fraction of sp³-hybridized carbons (Fsp3) is 0.556. The van der Waals surface area contributed by atoms with Crippen molar-refractivity contribution in [3.8, 4) is 0 Å². The Hall–Kier alpha value is -1.37. The lowest BCUT2D eigenvalue weighted by molar-refractivity contribution is -0.141. The zero-order chi connectivity index (χ0) is 11.8. The lowest BCUT2D eigenvalue weighted by Crippen LogP contribution is -2.27. The monoisotopic (exact) mass is 234 g/mol. The molecular weight excluding hydrogens is 225 g/mol. The Morgan fingerprint density at radius 2 is 2.25 bits per heavy atom. The number of ether oxygens (including phenoxy) is 1. The SMILES string of the molecule is O=c1cc(C(F)(F)F)ncn1C1CCOC1. The molecule has 0 N–H and O–H groups in total. The summed E-state index contributed by atoms with van der Waals surface area (Å²) in [5, 5.41) is 0. The number of hydrogen-bond donors (Lipinski definition) is 0. The minimum absolute atomic E-state index is 0.206. The van der Waals surface area contributed by atoms with Crippen molar-refractivity contribution < 1.29 is 17.9 Å². The molecule has 7 heteroatoms. The van der Waals surface area contributed by atoms with Crippen molar-refractivity contribution in [3.05, 3.63) is 28.4 Å². The van der Waals surface area contributed by atoms with Gasteiger partial charge in [0.1, 0.15) is 0 Å². The lowest BCUT2D eigenvalue weighted by Gasteiger charge is -2.12. The third-order valence-electron chi connectivity index (χ3n) is 2.43. The molecule has 1 aromatic heterocycles. The molecule has 0 saturated carbocycles. The summed E-state index contributed by atoms with van der Waals surface area (Å²) in [7, 11) is 0. The van der Waals surface area contributed by atoms with Crippen LogP contribution >= 0.6 is 0 Å². The standard InChI is InChI=1S/C9H9F3N2O2/c10-9(11,12)7-3-8(15)14(5-13-7)6-1-2-16-4-6/h3,5-6H,1-2,4H2. The Morgan fingerprint density at radius 3 is 2.75 bits per heavy atom. The fourth-order valence-electron chi connectivity index (χ4n) is 1.58. The highest BCUT2D eigenvalue weighted by Crippen LogP contribution is 2.26. The predicted molar refractivity (Wildman–Crippen MR) is 48.0 cm³/mol. The van der Waals surface area contributed by atoms with Crippen molar-refractivity contribution in [2.75, 3.05) is 13.2 Å². The van der Waals surface area contributed by atoms with Crippen molar-refractivity contribution in [1.29, 1.82) is 0 Å². The van der Waals surface area contributed by atoms with Gasteiger partial charge in [0, 0.05) is 12.7 Å². The lowest BCUT2D eigenvalue weighted by atomic mass is 10.2. The number of alkyl halides is 3. The molecule has 1 fully saturated rings. The molecule has 0 aromatic carbocycles. The van der Waals surface area contributed by atoms with Gasteiger partial charge in [0.15, 0.2) is 5.69 Å². The van der Waals surface area contributed by atoms with Crippen molar-refractivity contribution in [3.63, 3.8) is 0 Å². The third kappa shape index (κ3) is 2.08. The van der Waals surface area contributed by atoms with Crippen molar-refractivity contribution >= 4 is 0 Å². The van der Waals surface area contributed by atoms with E-state index in [9.17, 15) is 18.0 Å². The van der Waals surface area contributed by atoms with Gasteiger partial charge in [-0.2, -0.15) is 13.2 Å². The minimum Gasteiger partial charge on any atom is -0.379 e. The normalized spacial score (nSPS) is 21.3. The molecule has 0 spiro atoms. The van der Waals surface area contributed by atoms with Gasteiger partial charge in [-0.1, -0.05) is 0 Å². The number of rotatable bonds is 1. The van der Waals surface area contributed by atoms with Crippen LogP contribution in [0.5, 0.6) is 0 Å². The Morgan fingerprint density at radius 1 is 1.50 bits per heavy atom. The highest BCUT2D eigenvalue weighted by atomic mass is 19.4. The molecule has 1 atom stereocenters. The summed E-state index contributed by atoms with van der Waals surface area (Å²) >= 11 is 0. The maximum absolute atomic E-state index is 12.2. The Labute approximate surface area is 88.7 Å². The molecule has 4 nitrogen and oxygen atoms in total. The second kappa shape index (κ2) is 3.89. The van der Waals surface area contributed by atoms with E-state index in [1.165, 1.54) is 4.57 Å². The van der Waals surface area contributed by atoms with E-state index >= 15 is 0 Å². The first-order valence-electron chi connectivity index (χ1n) is 4.71. The van der Waals surface area contributed by atoms with Crippen molar-refractivity contribution in [2.45, 2.75) is 18.6 Å². The quantitative estimate of drug-likeness (QED) is 0.733. The molecule has 88 valence electrons. The van der Waals surface area contributed by atoms with Gasteiger partial charge in [-0.05, 0) is 6.42 Å². The Kier molecular flexibility index (Phi) is 2.71. The van der Waals surface area contributed by atoms with E-state index < -0.39 is 17.4 Å². The number of nitrogens with zero attached hydrogens (tertiary/aromatic N) is 2. The first kappa shape index (κ1) is 11.1. The summed E-state index contributed by atoms with van der Waals surface area (Å²) in [4.78, 5) is 14.7. The summed E-state index contributed by atoms with van der Waals surface area (Å²) in [6.45, 7) is 0.852. The van der Waals surface area contributed by atoms with Crippen LogP contribution in [0.2, 0.25) is 0 Å². The van der Waals surface area contributed by atoms with Crippen LogP contribution in [0.15, 0.2) is 17.2 Å². The molecule has 0 radical (unpaired) electrons. The fourth-order valence-corrected chi connectivity index (χ4v) is 1.58. The average molecular weight is 234 g/mol. The van der Waals surface area contributed by atoms with E-state index in [0.717, 1.165) is 6.33 Å². The molecule has 1 aromatic rings. The van der Waals surface area contributed by atoms with E-state index in [2.05, 4.69) is 4.98 Å². The van der Waals surface area contributed by atoms with Gasteiger partial charge in [0.25, 0.3) is 5.56 Å². The van der Waals surface area contributed by atoms with E-state index in [-0.39, 0.29) is 6.04 Å². The van der Waals surface area contributed by atoms with Gasteiger partial charge in [0.2, 0.25) is 0 Å². The number of halogens is 3. The maximum atomic E-state index is 12.2. The van der Waals surface area contributed by atoms with Crippen molar-refractivity contribution in [1.82, 2.24) is 9.55 Å². The highest BCUT2D eigenvalue weighted by Gasteiger charge is 2.33. The highest BCUT2D eigenvalue weighted by molar-refractivity contribution is 5.04. The van der Waals surface area contributed by atoms with Crippen LogP contribution in [-0.2, 0) is 10.9 Å². The van der Waals surface area contributed by atoms with Gasteiger partial charge < -0.3 is 4.74 Å². The van der Waals surface area contributed by atoms with Crippen LogP contribution in [0.1, 0.15) is 18.2 Å². The van der Waals surface area contributed by atoms with Gasteiger partial charge in [-0.3, -0.25) is 9.36 Å². The molecule has 2 rings (SSSR count). The number of hydrogen-bond acceptors (Lipinski definition) is 3. The smallest absolute Gasteiger partial charge is 0.379 e. The predicted octanol–water partition coefficient (Wildman–Crippen LogP) is 1.22.